The Balaban J connectivity index is 1.37. The van der Waals surface area contributed by atoms with Gasteiger partial charge >= 0.3 is 0 Å². The van der Waals surface area contributed by atoms with Gasteiger partial charge in [-0.1, -0.05) is 12.1 Å². The second-order valence-electron chi connectivity index (χ2n) is 16.5. The number of likely N-dealkylation sites (N-methyl/N-ethyl adjacent to an activating group) is 1. The van der Waals surface area contributed by atoms with E-state index in [0.717, 1.165) is 37.2 Å². The van der Waals surface area contributed by atoms with Crippen molar-refractivity contribution in [2.45, 2.75) is 70.6 Å². The molecule has 4 bridgehead atoms. The maximum atomic E-state index is 14.7. The number of carbonyl (C=O) groups is 5. The Bertz CT molecular complexity index is 2470. The molecule has 0 aliphatic carbocycles. The summed E-state index contributed by atoms with van der Waals surface area (Å²) in [7, 11) is 1.42. The van der Waals surface area contributed by atoms with Crippen LogP contribution in [0.4, 0.5) is 5.69 Å². The van der Waals surface area contributed by atoms with Crippen molar-refractivity contribution < 1.29 is 33.4 Å². The fourth-order valence-electron chi connectivity index (χ4n) is 8.33. The van der Waals surface area contributed by atoms with Crippen LogP contribution in [-0.4, -0.2) is 122 Å². The van der Waals surface area contributed by atoms with Crippen LogP contribution in [-0.2, 0) is 25.6 Å². The van der Waals surface area contributed by atoms with Crippen molar-refractivity contribution in [2.75, 3.05) is 64.4 Å². The van der Waals surface area contributed by atoms with Crippen LogP contribution < -0.4 is 52.8 Å². The van der Waals surface area contributed by atoms with E-state index in [9.17, 15) is 29.2 Å². The number of fused-ring (bicyclic) bond motifs is 5. The van der Waals surface area contributed by atoms with Gasteiger partial charge < -0.3 is 57.7 Å². The Labute approximate surface area is 390 Å². The Morgan fingerprint density at radius 2 is 1.51 bits per heavy atom. The number of amides is 5. The number of hydrogen-bond donors (Lipinski definition) is 7. The summed E-state index contributed by atoms with van der Waals surface area (Å²) < 4.78 is 12.2. The molecule has 2 aliphatic heterocycles. The van der Waals surface area contributed by atoms with Crippen LogP contribution in [0.3, 0.4) is 0 Å². The third-order valence-corrected chi connectivity index (χ3v) is 11.7. The minimum Gasteiger partial charge on any atom is -0.492 e. The largest absolute Gasteiger partial charge is 0.492 e. The molecule has 0 saturated carbocycles. The van der Waals surface area contributed by atoms with Crippen molar-refractivity contribution in [1.29, 1.82) is 5.26 Å². The summed E-state index contributed by atoms with van der Waals surface area (Å²) in [5.41, 5.74) is 22.5. The molecule has 0 radical (unpaired) electrons. The van der Waals surface area contributed by atoms with E-state index in [1.54, 1.807) is 50.2 Å². The van der Waals surface area contributed by atoms with Crippen molar-refractivity contribution in [3.63, 3.8) is 0 Å². The average Bonchev–Trinajstić information content (AvgIpc) is 3.87. The van der Waals surface area contributed by atoms with Crippen LogP contribution in [0.25, 0.3) is 22.5 Å². The predicted octanol–water partition coefficient (Wildman–Crippen LogP) is 1.53. The molecular weight excluding hydrogens is 857 g/mol. The van der Waals surface area contributed by atoms with E-state index in [2.05, 4.69) is 36.1 Å². The van der Waals surface area contributed by atoms with Gasteiger partial charge in [0.05, 0.1) is 23.0 Å². The fourth-order valence-corrected chi connectivity index (χ4v) is 8.33. The molecular formula is C48H60N12O7. The van der Waals surface area contributed by atoms with E-state index in [-0.39, 0.29) is 57.8 Å². The summed E-state index contributed by atoms with van der Waals surface area (Å²) >= 11 is 0. The zero-order valence-electron chi connectivity index (χ0n) is 38.4. The lowest BCUT2D eigenvalue weighted by Crippen LogP contribution is -2.56. The van der Waals surface area contributed by atoms with Gasteiger partial charge in [0.15, 0.2) is 5.82 Å². The zero-order chi connectivity index (χ0) is 48.2. The van der Waals surface area contributed by atoms with Gasteiger partial charge in [0, 0.05) is 62.0 Å². The Morgan fingerprint density at radius 1 is 0.881 bits per heavy atom. The van der Waals surface area contributed by atoms with Crippen LogP contribution in [0.1, 0.15) is 65.1 Å². The molecule has 1 unspecified atom stereocenters. The van der Waals surface area contributed by atoms with Gasteiger partial charge in [0.2, 0.25) is 23.6 Å². The monoisotopic (exact) mass is 916 g/mol. The average molecular weight is 917 g/mol. The lowest BCUT2D eigenvalue weighted by Gasteiger charge is -2.32. The molecule has 10 N–H and O–H groups in total. The number of ether oxygens (including phenoxy) is 2. The van der Waals surface area contributed by atoms with Crippen LogP contribution in [0.5, 0.6) is 11.5 Å². The standard InChI is InChI=1S/C48H60N12O7/c1-28-41(29(2)55-43(54-28)32-8-11-34(12-9-32)60-21-5-6-22-60)46(63)57-37(15-16-49)48(65)59(4)42-33-10-14-40(67-24-19-52)36(27-33)35-25-31(7-13-39(35)66-23-18-51)26-38(45(62)53-20-17-50)58-44(61)30(3)56-47(42)64/h7-14,25,27,30,37-38,42H,5-6,15-16,18-24,26,49,51-52H2,1-4H3,(H,53,62)(H,56,64)(H,57,63)(H,58,61)/t30-,37?,38-,42-/m0/s1. The Hall–Kier alpha value is -7.14. The van der Waals surface area contributed by atoms with Gasteiger partial charge in [-0.2, -0.15) is 5.26 Å². The SMILES string of the molecule is Cc1nc(-c2ccc(N3CCCC3)cc2)nc(C)c1C(=O)NC(CCN)C(=O)N(C)[C@@H]1C(=O)N[C@@H](C)C(=O)N[C@H](C(=O)NCC#N)Cc2ccc(OCCN)c(c2)-c2cc1ccc2OCCN. The normalized spacial score (nSPS) is 17.5. The van der Waals surface area contributed by atoms with Crippen molar-refractivity contribution in [1.82, 2.24) is 36.1 Å². The molecule has 19 nitrogen and oxygen atoms in total. The van der Waals surface area contributed by atoms with E-state index in [1.807, 2.05) is 30.3 Å². The van der Waals surface area contributed by atoms with E-state index in [1.165, 1.54) is 18.9 Å². The number of nitrogens with one attached hydrogen (secondary N) is 4. The van der Waals surface area contributed by atoms with Crippen LogP contribution in [0, 0.1) is 25.2 Å². The number of aromatic nitrogens is 2. The number of aryl methyl sites for hydroxylation is 2. The number of carbonyl (C=O) groups excluding carboxylic acids is 5. The van der Waals surface area contributed by atoms with E-state index >= 15 is 0 Å². The number of nitrogens with zero attached hydrogens (tertiary/aromatic N) is 5. The molecule has 1 fully saturated rings. The number of nitrogens with two attached hydrogens (primary N) is 3. The zero-order valence-corrected chi connectivity index (χ0v) is 38.4. The number of benzene rings is 3. The Morgan fingerprint density at radius 3 is 2.12 bits per heavy atom. The second-order valence-corrected chi connectivity index (χ2v) is 16.5. The molecule has 1 aromatic heterocycles. The maximum absolute atomic E-state index is 14.7. The number of nitriles is 1. The summed E-state index contributed by atoms with van der Waals surface area (Å²) in [5, 5.41) is 20.0. The molecule has 2 aliphatic rings. The topological polar surface area (TPSA) is 286 Å². The molecule has 3 aromatic carbocycles. The summed E-state index contributed by atoms with van der Waals surface area (Å²) in [6.45, 7) is 7.26. The quantitative estimate of drug-likeness (QED) is 0.0786. The highest BCUT2D eigenvalue weighted by Gasteiger charge is 2.36. The molecule has 1 saturated heterocycles. The highest BCUT2D eigenvalue weighted by molar-refractivity contribution is 6.00. The number of rotatable bonds is 16. The lowest BCUT2D eigenvalue weighted by atomic mass is 9.93. The van der Waals surface area contributed by atoms with Crippen LogP contribution in [0.15, 0.2) is 60.7 Å². The number of hydrogen-bond acceptors (Lipinski definition) is 14. The van der Waals surface area contributed by atoms with E-state index < -0.39 is 53.7 Å². The van der Waals surface area contributed by atoms with Crippen molar-refractivity contribution in [3.05, 3.63) is 88.7 Å². The van der Waals surface area contributed by atoms with Crippen LogP contribution >= 0.6 is 0 Å². The summed E-state index contributed by atoms with van der Waals surface area (Å²) in [4.78, 5) is 83.5. The maximum Gasteiger partial charge on any atom is 0.255 e. The van der Waals surface area contributed by atoms with E-state index in [4.69, 9.17) is 26.7 Å². The first-order chi connectivity index (χ1) is 32.3. The van der Waals surface area contributed by atoms with Gasteiger partial charge in [-0.25, -0.2) is 9.97 Å². The fraction of sp³-hybridized carbons (Fsp3) is 0.417. The minimum absolute atomic E-state index is 0.00176. The molecule has 19 heteroatoms. The molecule has 6 rings (SSSR count). The van der Waals surface area contributed by atoms with Crippen LogP contribution in [0.2, 0.25) is 0 Å². The third kappa shape index (κ3) is 11.8. The van der Waals surface area contributed by atoms with Gasteiger partial charge in [-0.15, -0.1) is 0 Å². The second kappa shape index (κ2) is 22.9. The highest BCUT2D eigenvalue weighted by Crippen LogP contribution is 2.40. The molecule has 4 atom stereocenters. The predicted molar refractivity (Wildman–Crippen MR) is 252 cm³/mol. The summed E-state index contributed by atoms with van der Waals surface area (Å²) in [6.07, 6.45) is 2.33. The Kier molecular flexibility index (Phi) is 16.8. The van der Waals surface area contributed by atoms with Gasteiger partial charge in [-0.3, -0.25) is 24.0 Å². The van der Waals surface area contributed by atoms with Crippen molar-refractivity contribution in [2.24, 2.45) is 17.2 Å². The van der Waals surface area contributed by atoms with Crippen molar-refractivity contribution >= 4 is 35.2 Å². The van der Waals surface area contributed by atoms with Gasteiger partial charge in [0.1, 0.15) is 55.4 Å². The molecule has 354 valence electrons. The number of anilines is 1. The van der Waals surface area contributed by atoms with Gasteiger partial charge in [-0.05, 0) is 106 Å². The van der Waals surface area contributed by atoms with E-state index in [0.29, 0.717) is 51.0 Å². The first-order valence-corrected chi connectivity index (χ1v) is 22.4. The smallest absolute Gasteiger partial charge is 0.255 e. The highest BCUT2D eigenvalue weighted by atomic mass is 16.5. The first kappa shape index (κ1) is 49.3. The molecule has 67 heavy (non-hydrogen) atoms. The molecule has 5 amide bonds. The van der Waals surface area contributed by atoms with Crippen molar-refractivity contribution in [3.8, 4) is 40.1 Å². The third-order valence-electron chi connectivity index (χ3n) is 11.7. The minimum atomic E-state index is -1.40. The summed E-state index contributed by atoms with van der Waals surface area (Å²) in [6, 6.07) is 15.1. The molecule has 4 aromatic rings. The lowest BCUT2D eigenvalue weighted by molar-refractivity contribution is -0.141. The molecule has 0 spiro atoms. The first-order valence-electron chi connectivity index (χ1n) is 22.4. The van der Waals surface area contributed by atoms with Gasteiger partial charge in [0.25, 0.3) is 5.91 Å². The summed E-state index contributed by atoms with van der Waals surface area (Å²) in [5.74, 6) is -2.10. The molecule has 3 heterocycles.